The molecule has 2 atom stereocenters. The van der Waals surface area contributed by atoms with E-state index < -0.39 is 12.1 Å². The van der Waals surface area contributed by atoms with Gasteiger partial charge in [-0.2, -0.15) is 0 Å². The van der Waals surface area contributed by atoms with E-state index in [1.165, 1.54) is 4.90 Å². The van der Waals surface area contributed by atoms with Crippen molar-refractivity contribution in [2.45, 2.75) is 52.2 Å². The number of benzene rings is 2. The van der Waals surface area contributed by atoms with Crippen LogP contribution < -0.4 is 15.0 Å². The second kappa shape index (κ2) is 9.87. The zero-order chi connectivity index (χ0) is 25.2. The van der Waals surface area contributed by atoms with Crippen LogP contribution in [0.4, 0.5) is 5.69 Å². The number of nitrogens with zero attached hydrogens (tertiary/aromatic N) is 2. The van der Waals surface area contributed by atoms with Crippen LogP contribution in [-0.4, -0.2) is 55.4 Å². The predicted molar refractivity (Wildman–Crippen MR) is 133 cm³/mol. The van der Waals surface area contributed by atoms with Crippen molar-refractivity contribution in [3.8, 4) is 5.75 Å². The van der Waals surface area contributed by atoms with Gasteiger partial charge in [-0.1, -0.05) is 58.9 Å². The third-order valence-electron chi connectivity index (χ3n) is 5.99. The molecule has 0 aliphatic carbocycles. The molecule has 2 unspecified atom stereocenters. The number of carbonyl (C=O) groups is 3. The van der Waals surface area contributed by atoms with Crippen LogP contribution in [0.1, 0.15) is 50.5 Å². The minimum atomic E-state index is -0.817. The van der Waals surface area contributed by atoms with Crippen molar-refractivity contribution in [1.29, 1.82) is 0 Å². The van der Waals surface area contributed by atoms with Gasteiger partial charge in [0.05, 0.1) is 12.2 Å². The second-order valence-corrected chi connectivity index (χ2v) is 10.3. The molecule has 0 radical (unpaired) electrons. The molecule has 1 aliphatic heterocycles. The van der Waals surface area contributed by atoms with E-state index in [9.17, 15) is 14.4 Å². The van der Waals surface area contributed by atoms with Crippen molar-refractivity contribution < 1.29 is 19.1 Å². The van der Waals surface area contributed by atoms with Gasteiger partial charge in [0.15, 0.2) is 6.10 Å². The normalized spacial score (nSPS) is 16.4. The molecule has 0 saturated heterocycles. The number of likely N-dealkylation sites (N-methyl/N-ethyl adjacent to an activating group) is 1. The van der Waals surface area contributed by atoms with Crippen molar-refractivity contribution in [1.82, 2.24) is 10.2 Å². The van der Waals surface area contributed by atoms with Gasteiger partial charge in [-0.05, 0) is 41.2 Å². The first kappa shape index (κ1) is 25.3. The number of hydrogen-bond acceptors (Lipinski definition) is 4. The Balaban J connectivity index is 1.86. The molecule has 3 rings (SSSR count). The minimum Gasteiger partial charge on any atom is -0.476 e. The molecule has 0 saturated carbocycles. The van der Waals surface area contributed by atoms with Crippen molar-refractivity contribution in [3.63, 3.8) is 0 Å². The average molecular weight is 466 g/mol. The summed E-state index contributed by atoms with van der Waals surface area (Å²) in [5.74, 6) is -0.509. The standard InChI is InChI=1S/C27H35N3O4/c1-17(2)23(28-24(31)18-12-14-19(15-13-18)27(3,4)5)26(33)30-16-22(25(32)29(6)7)34-21-11-9-8-10-20(21)30/h8-15,17,22-23H,16H2,1-7H3,(H,28,31). The SMILES string of the molecule is CC(C)C(NC(=O)c1ccc(C(C)(C)C)cc1)C(=O)N1CC(C(=O)N(C)C)Oc2ccccc21. The van der Waals surface area contributed by atoms with Crippen molar-refractivity contribution in [3.05, 3.63) is 59.7 Å². The Kier molecular flexibility index (Phi) is 7.34. The second-order valence-electron chi connectivity index (χ2n) is 10.3. The van der Waals surface area contributed by atoms with Gasteiger partial charge in [-0.25, -0.2) is 0 Å². The first-order chi connectivity index (χ1) is 15.9. The summed E-state index contributed by atoms with van der Waals surface area (Å²) in [7, 11) is 3.31. The molecule has 34 heavy (non-hydrogen) atoms. The summed E-state index contributed by atoms with van der Waals surface area (Å²) < 4.78 is 5.89. The van der Waals surface area contributed by atoms with Gasteiger partial charge in [0, 0.05) is 19.7 Å². The highest BCUT2D eigenvalue weighted by Gasteiger charge is 2.38. The monoisotopic (exact) mass is 465 g/mol. The molecule has 0 aromatic heterocycles. The molecule has 7 heteroatoms. The molecular formula is C27H35N3O4. The van der Waals surface area contributed by atoms with Crippen molar-refractivity contribution >= 4 is 23.4 Å². The molecule has 1 N–H and O–H groups in total. The third-order valence-corrected chi connectivity index (χ3v) is 5.99. The molecule has 182 valence electrons. The Bertz CT molecular complexity index is 1050. The highest BCUT2D eigenvalue weighted by atomic mass is 16.5. The van der Waals surface area contributed by atoms with Crippen LogP contribution in [-0.2, 0) is 15.0 Å². The van der Waals surface area contributed by atoms with Gasteiger partial charge < -0.3 is 19.9 Å². The Labute approximate surface area is 202 Å². The van der Waals surface area contributed by atoms with E-state index in [0.29, 0.717) is 17.0 Å². The molecule has 0 spiro atoms. The van der Waals surface area contributed by atoms with Crippen LogP contribution in [0.3, 0.4) is 0 Å². The average Bonchev–Trinajstić information content (AvgIpc) is 2.79. The predicted octanol–water partition coefficient (Wildman–Crippen LogP) is 3.62. The summed E-state index contributed by atoms with van der Waals surface area (Å²) in [5, 5.41) is 2.92. The van der Waals surface area contributed by atoms with Gasteiger partial charge in [0.2, 0.25) is 5.91 Å². The Morgan fingerprint density at radius 1 is 1.03 bits per heavy atom. The highest BCUT2D eigenvalue weighted by Crippen LogP contribution is 2.34. The van der Waals surface area contributed by atoms with Crippen molar-refractivity contribution in [2.75, 3.05) is 25.5 Å². The van der Waals surface area contributed by atoms with E-state index in [2.05, 4.69) is 26.1 Å². The third kappa shape index (κ3) is 5.41. The van der Waals surface area contributed by atoms with E-state index in [0.717, 1.165) is 5.56 Å². The number of rotatable bonds is 5. The van der Waals surface area contributed by atoms with Crippen LogP contribution in [0.15, 0.2) is 48.5 Å². The van der Waals surface area contributed by atoms with Crippen molar-refractivity contribution in [2.24, 2.45) is 5.92 Å². The number of amides is 3. The van der Waals surface area contributed by atoms with Crippen LogP contribution in [0.2, 0.25) is 0 Å². The van der Waals surface area contributed by atoms with Gasteiger partial charge in [0.25, 0.3) is 11.8 Å². The summed E-state index contributed by atoms with van der Waals surface area (Å²) in [6, 6.07) is 13.8. The fraction of sp³-hybridized carbons (Fsp3) is 0.444. The van der Waals surface area contributed by atoms with Gasteiger partial charge in [-0.3, -0.25) is 14.4 Å². The van der Waals surface area contributed by atoms with Crippen LogP contribution >= 0.6 is 0 Å². The fourth-order valence-electron chi connectivity index (χ4n) is 3.89. The maximum absolute atomic E-state index is 13.7. The summed E-state index contributed by atoms with van der Waals surface area (Å²) in [6.45, 7) is 10.2. The van der Waals surface area contributed by atoms with Gasteiger partial charge >= 0.3 is 0 Å². The number of anilines is 1. The number of carbonyl (C=O) groups excluding carboxylic acids is 3. The van der Waals surface area contributed by atoms with Gasteiger partial charge in [0.1, 0.15) is 11.8 Å². The molecule has 7 nitrogen and oxygen atoms in total. The quantitative estimate of drug-likeness (QED) is 0.732. The number of ether oxygens (including phenoxy) is 1. The lowest BCUT2D eigenvalue weighted by Crippen LogP contribution is -2.56. The topological polar surface area (TPSA) is 79.0 Å². The largest absolute Gasteiger partial charge is 0.476 e. The zero-order valence-electron chi connectivity index (χ0n) is 21.1. The van der Waals surface area contributed by atoms with E-state index >= 15 is 0 Å². The first-order valence-electron chi connectivity index (χ1n) is 11.6. The minimum absolute atomic E-state index is 0.0182. The molecule has 1 heterocycles. The molecule has 2 aromatic rings. The summed E-state index contributed by atoms with van der Waals surface area (Å²) in [6.07, 6.45) is -0.817. The van der Waals surface area contributed by atoms with Crippen LogP contribution in [0, 0.1) is 5.92 Å². The van der Waals surface area contributed by atoms with E-state index in [4.69, 9.17) is 4.74 Å². The molecule has 0 fully saturated rings. The number of nitrogens with one attached hydrogen (secondary N) is 1. The number of para-hydroxylation sites is 2. The fourth-order valence-corrected chi connectivity index (χ4v) is 3.89. The summed E-state index contributed by atoms with van der Waals surface area (Å²) >= 11 is 0. The Hall–Kier alpha value is -3.35. The highest BCUT2D eigenvalue weighted by molar-refractivity contribution is 6.04. The lowest BCUT2D eigenvalue weighted by atomic mass is 9.86. The van der Waals surface area contributed by atoms with E-state index in [1.807, 2.05) is 32.0 Å². The molecule has 0 bridgehead atoms. The first-order valence-corrected chi connectivity index (χ1v) is 11.6. The number of hydrogen-bond donors (Lipinski definition) is 1. The maximum Gasteiger partial charge on any atom is 0.265 e. The maximum atomic E-state index is 13.7. The Morgan fingerprint density at radius 2 is 1.65 bits per heavy atom. The Morgan fingerprint density at radius 3 is 2.21 bits per heavy atom. The van der Waals surface area contributed by atoms with E-state index in [1.54, 1.807) is 49.3 Å². The van der Waals surface area contributed by atoms with Gasteiger partial charge in [-0.15, -0.1) is 0 Å². The molecule has 3 amide bonds. The van der Waals surface area contributed by atoms with Crippen LogP contribution in [0.5, 0.6) is 5.75 Å². The molecule has 1 aliphatic rings. The van der Waals surface area contributed by atoms with E-state index in [-0.39, 0.29) is 35.6 Å². The molecule has 2 aromatic carbocycles. The van der Waals surface area contributed by atoms with Crippen LogP contribution in [0.25, 0.3) is 0 Å². The zero-order valence-corrected chi connectivity index (χ0v) is 21.1. The smallest absolute Gasteiger partial charge is 0.265 e. The lowest BCUT2D eigenvalue weighted by molar-refractivity contribution is -0.136. The lowest BCUT2D eigenvalue weighted by Gasteiger charge is -2.37. The molecular weight excluding hydrogens is 430 g/mol. The number of fused-ring (bicyclic) bond motifs is 1. The summed E-state index contributed by atoms with van der Waals surface area (Å²) in [4.78, 5) is 42.4. The summed E-state index contributed by atoms with van der Waals surface area (Å²) in [5.41, 5.74) is 2.19.